The lowest BCUT2D eigenvalue weighted by Crippen LogP contribution is -1.95. The van der Waals surface area contributed by atoms with Gasteiger partial charge in [-0.15, -0.1) is 11.6 Å². The van der Waals surface area contributed by atoms with Gasteiger partial charge in [0.25, 0.3) is 0 Å². The van der Waals surface area contributed by atoms with Gasteiger partial charge in [0.05, 0.1) is 12.1 Å². The van der Waals surface area contributed by atoms with Gasteiger partial charge in [0.1, 0.15) is 17.4 Å². The van der Waals surface area contributed by atoms with Crippen molar-refractivity contribution in [2.24, 2.45) is 0 Å². The molecule has 0 unspecified atom stereocenters. The van der Waals surface area contributed by atoms with E-state index in [4.69, 9.17) is 16.3 Å². The van der Waals surface area contributed by atoms with Crippen molar-refractivity contribution < 1.29 is 13.5 Å². The highest BCUT2D eigenvalue weighted by Crippen LogP contribution is 2.27. The summed E-state index contributed by atoms with van der Waals surface area (Å²) >= 11 is 8.81. The number of halogens is 4. The topological polar surface area (TPSA) is 22.1 Å². The van der Waals surface area contributed by atoms with Crippen molar-refractivity contribution in [3.8, 4) is 11.6 Å². The zero-order chi connectivity index (χ0) is 13.1. The van der Waals surface area contributed by atoms with Crippen molar-refractivity contribution in [2.75, 3.05) is 0 Å². The molecule has 0 atom stereocenters. The third kappa shape index (κ3) is 3.17. The molecular weight excluding hydrogens is 327 g/mol. The number of ether oxygens (including phenoxy) is 1. The molecule has 2 rings (SSSR count). The maximum atomic E-state index is 13.2. The van der Waals surface area contributed by atoms with Gasteiger partial charge < -0.3 is 4.74 Å². The van der Waals surface area contributed by atoms with E-state index in [0.29, 0.717) is 10.0 Å². The number of benzene rings is 1. The lowest BCUT2D eigenvalue weighted by atomic mass is 10.3. The molecule has 0 spiro atoms. The molecule has 6 heteroatoms. The van der Waals surface area contributed by atoms with Gasteiger partial charge in [0.2, 0.25) is 5.88 Å². The van der Waals surface area contributed by atoms with Crippen LogP contribution in [0.25, 0.3) is 0 Å². The summed E-state index contributed by atoms with van der Waals surface area (Å²) in [5.41, 5.74) is 0.400. The largest absolute Gasteiger partial charge is 0.439 e. The van der Waals surface area contributed by atoms with Gasteiger partial charge in [-0.25, -0.2) is 13.8 Å². The quantitative estimate of drug-likeness (QED) is 0.762. The van der Waals surface area contributed by atoms with Crippen LogP contribution in [0.5, 0.6) is 11.6 Å². The fourth-order valence-electron chi connectivity index (χ4n) is 1.36. The van der Waals surface area contributed by atoms with E-state index < -0.39 is 11.6 Å². The number of hydrogen-bond acceptors (Lipinski definition) is 2. The van der Waals surface area contributed by atoms with Crippen LogP contribution in [-0.2, 0) is 5.88 Å². The Hall–Kier alpha value is -1.20. The molecule has 1 heterocycles. The molecular formula is C12H7BrClF2NO. The molecule has 0 bridgehead atoms. The van der Waals surface area contributed by atoms with Crippen molar-refractivity contribution in [1.29, 1.82) is 0 Å². The predicted octanol–water partition coefficient (Wildman–Crippen LogP) is 4.65. The first-order chi connectivity index (χ1) is 8.58. The van der Waals surface area contributed by atoms with Crippen LogP contribution in [0, 0.1) is 11.6 Å². The van der Waals surface area contributed by atoms with Crippen molar-refractivity contribution in [1.82, 2.24) is 4.98 Å². The van der Waals surface area contributed by atoms with Crippen molar-refractivity contribution in [3.63, 3.8) is 0 Å². The molecule has 0 aliphatic carbocycles. The Morgan fingerprint density at radius 3 is 2.61 bits per heavy atom. The molecule has 0 saturated carbocycles. The molecule has 1 aromatic heterocycles. The second-order valence-electron chi connectivity index (χ2n) is 3.46. The summed E-state index contributed by atoms with van der Waals surface area (Å²) in [6, 6.07) is 5.30. The predicted molar refractivity (Wildman–Crippen MR) is 67.9 cm³/mol. The minimum absolute atomic E-state index is 0.0522. The van der Waals surface area contributed by atoms with E-state index in [2.05, 4.69) is 20.9 Å². The zero-order valence-electron chi connectivity index (χ0n) is 8.96. The average molecular weight is 335 g/mol. The molecule has 0 aliphatic heterocycles. The lowest BCUT2D eigenvalue weighted by Gasteiger charge is -2.08. The molecule has 94 valence electrons. The molecule has 0 radical (unpaired) electrons. The van der Waals surface area contributed by atoms with Crippen LogP contribution < -0.4 is 4.74 Å². The molecule has 18 heavy (non-hydrogen) atoms. The number of hydrogen-bond donors (Lipinski definition) is 0. The fraction of sp³-hybridized carbons (Fsp3) is 0.0833. The Morgan fingerprint density at radius 1 is 1.17 bits per heavy atom. The number of aromatic nitrogens is 1. The van der Waals surface area contributed by atoms with E-state index in [-0.39, 0.29) is 17.5 Å². The first-order valence-electron chi connectivity index (χ1n) is 4.93. The molecule has 0 N–H and O–H groups in total. The van der Waals surface area contributed by atoms with E-state index in [1.54, 1.807) is 6.07 Å². The monoisotopic (exact) mass is 333 g/mol. The summed E-state index contributed by atoms with van der Waals surface area (Å²) in [4.78, 5) is 3.78. The SMILES string of the molecule is Fc1cc(Br)cc(Oc2ncc(F)cc2CCl)c1. The highest BCUT2D eigenvalue weighted by molar-refractivity contribution is 9.10. The number of pyridine rings is 1. The Bertz CT molecular complexity index is 560. The molecule has 2 aromatic rings. The van der Waals surface area contributed by atoms with E-state index in [9.17, 15) is 8.78 Å². The summed E-state index contributed by atoms with van der Waals surface area (Å²) < 4.78 is 32.0. The smallest absolute Gasteiger partial charge is 0.223 e. The first-order valence-corrected chi connectivity index (χ1v) is 6.25. The summed E-state index contributed by atoms with van der Waals surface area (Å²) in [6.07, 6.45) is 1.01. The molecule has 2 nitrogen and oxygen atoms in total. The third-order valence-corrected chi connectivity index (χ3v) is 2.83. The van der Waals surface area contributed by atoms with Crippen molar-refractivity contribution >= 4 is 27.5 Å². The highest BCUT2D eigenvalue weighted by atomic mass is 79.9. The Morgan fingerprint density at radius 2 is 1.94 bits per heavy atom. The van der Waals surface area contributed by atoms with Crippen molar-refractivity contribution in [3.05, 3.63) is 52.1 Å². The maximum absolute atomic E-state index is 13.2. The second kappa shape index (κ2) is 5.63. The van der Waals surface area contributed by atoms with Crippen LogP contribution >= 0.6 is 27.5 Å². The van der Waals surface area contributed by atoms with Gasteiger partial charge in [0, 0.05) is 16.1 Å². The summed E-state index contributed by atoms with van der Waals surface area (Å²) in [6.45, 7) is 0. The molecule has 0 amide bonds. The fourth-order valence-corrected chi connectivity index (χ4v) is 1.99. The lowest BCUT2D eigenvalue weighted by molar-refractivity contribution is 0.449. The van der Waals surface area contributed by atoms with E-state index >= 15 is 0 Å². The Balaban J connectivity index is 2.33. The zero-order valence-corrected chi connectivity index (χ0v) is 11.3. The number of alkyl halides is 1. The number of rotatable bonds is 3. The molecule has 1 aromatic carbocycles. The minimum Gasteiger partial charge on any atom is -0.439 e. The van der Waals surface area contributed by atoms with E-state index in [1.807, 2.05) is 0 Å². The van der Waals surface area contributed by atoms with Gasteiger partial charge in [0.15, 0.2) is 0 Å². The highest BCUT2D eigenvalue weighted by Gasteiger charge is 2.09. The summed E-state index contributed by atoms with van der Waals surface area (Å²) in [5, 5.41) is 0. The van der Waals surface area contributed by atoms with Gasteiger partial charge in [-0.1, -0.05) is 15.9 Å². The molecule has 0 aliphatic rings. The van der Waals surface area contributed by atoms with Gasteiger partial charge in [-0.3, -0.25) is 0 Å². The van der Waals surface area contributed by atoms with Crippen LogP contribution in [0.3, 0.4) is 0 Å². The molecule has 0 fully saturated rings. The van der Waals surface area contributed by atoms with Gasteiger partial charge in [-0.2, -0.15) is 0 Å². The Labute approximate surface area is 116 Å². The van der Waals surface area contributed by atoms with Gasteiger partial charge >= 0.3 is 0 Å². The minimum atomic E-state index is -0.501. The Kier molecular flexibility index (Phi) is 4.14. The molecule has 0 saturated heterocycles. The normalized spacial score (nSPS) is 10.4. The average Bonchev–Trinajstić information content (AvgIpc) is 2.30. The van der Waals surface area contributed by atoms with Crippen LogP contribution in [0.2, 0.25) is 0 Å². The van der Waals surface area contributed by atoms with Crippen LogP contribution in [0.15, 0.2) is 34.9 Å². The second-order valence-corrected chi connectivity index (χ2v) is 4.64. The standard InChI is InChI=1S/C12H7BrClF2NO/c13-8-2-9(15)4-11(3-8)18-12-7(5-14)1-10(16)6-17-12/h1-4,6H,5H2. The van der Waals surface area contributed by atoms with Gasteiger partial charge in [-0.05, 0) is 18.2 Å². The van der Waals surface area contributed by atoms with Crippen molar-refractivity contribution in [2.45, 2.75) is 5.88 Å². The summed E-state index contributed by atoms with van der Waals surface area (Å²) in [7, 11) is 0. The maximum Gasteiger partial charge on any atom is 0.223 e. The van der Waals surface area contributed by atoms with E-state index in [0.717, 1.165) is 6.20 Å². The van der Waals surface area contributed by atoms with Crippen LogP contribution in [-0.4, -0.2) is 4.98 Å². The third-order valence-electron chi connectivity index (χ3n) is 2.09. The van der Waals surface area contributed by atoms with Crippen LogP contribution in [0.4, 0.5) is 8.78 Å². The first kappa shape index (κ1) is 13.2. The summed E-state index contributed by atoms with van der Waals surface area (Å²) in [5.74, 6) is -0.486. The number of nitrogens with zero attached hydrogens (tertiary/aromatic N) is 1. The van der Waals surface area contributed by atoms with E-state index in [1.165, 1.54) is 18.2 Å². The van der Waals surface area contributed by atoms with Crippen LogP contribution in [0.1, 0.15) is 5.56 Å².